The maximum Gasteiger partial charge on any atom is 0.410 e. The zero-order valence-electron chi connectivity index (χ0n) is 16.2. The van der Waals surface area contributed by atoms with Crippen molar-refractivity contribution in [2.75, 3.05) is 40.8 Å². The lowest BCUT2D eigenvalue weighted by atomic mass is 10.2. The van der Waals surface area contributed by atoms with Gasteiger partial charge in [-0.2, -0.15) is 5.12 Å². The standard InChI is InChI=1S/C17H30FN3O4/c1-8-15(20(7)18)24-13-12-21(16(23)25-17(2,3)4)11-9-10-14(22)19(5)6/h8-10H,11-13H2,1-7H3/b10-9+,15-8+. The van der Waals surface area contributed by atoms with Gasteiger partial charge in [0.1, 0.15) is 12.2 Å². The molecular weight excluding hydrogens is 329 g/mol. The number of hydrogen-bond donors (Lipinski definition) is 0. The van der Waals surface area contributed by atoms with Gasteiger partial charge in [-0.1, -0.05) is 10.6 Å². The molecule has 0 aromatic rings. The highest BCUT2D eigenvalue weighted by atomic mass is 19.2. The van der Waals surface area contributed by atoms with Crippen LogP contribution in [0.1, 0.15) is 27.7 Å². The summed E-state index contributed by atoms with van der Waals surface area (Å²) in [5, 5.41) is 0.355. The summed E-state index contributed by atoms with van der Waals surface area (Å²) in [5.74, 6) is -0.127. The molecule has 0 spiro atoms. The van der Waals surface area contributed by atoms with Crippen molar-refractivity contribution in [2.24, 2.45) is 0 Å². The lowest BCUT2D eigenvalue weighted by Gasteiger charge is -2.27. The van der Waals surface area contributed by atoms with E-state index in [1.165, 1.54) is 29.0 Å². The second-order valence-corrected chi connectivity index (χ2v) is 6.51. The van der Waals surface area contributed by atoms with Gasteiger partial charge in [0.15, 0.2) is 0 Å². The summed E-state index contributed by atoms with van der Waals surface area (Å²) in [6.45, 7) is 7.38. The Labute approximate surface area is 149 Å². The molecule has 25 heavy (non-hydrogen) atoms. The van der Waals surface area contributed by atoms with Crippen molar-refractivity contribution < 1.29 is 23.5 Å². The molecule has 0 aliphatic carbocycles. The predicted molar refractivity (Wildman–Crippen MR) is 94.2 cm³/mol. The maximum atomic E-state index is 13.1. The monoisotopic (exact) mass is 359 g/mol. The second-order valence-electron chi connectivity index (χ2n) is 6.51. The quantitative estimate of drug-likeness (QED) is 0.379. The van der Waals surface area contributed by atoms with Crippen LogP contribution in [0.2, 0.25) is 0 Å². The highest BCUT2D eigenvalue weighted by Crippen LogP contribution is 2.10. The average Bonchev–Trinajstić information content (AvgIpc) is 2.47. The second kappa shape index (κ2) is 10.6. The van der Waals surface area contributed by atoms with Crippen LogP contribution < -0.4 is 0 Å². The van der Waals surface area contributed by atoms with Crippen molar-refractivity contribution in [3.05, 3.63) is 24.1 Å². The first kappa shape index (κ1) is 22.8. The van der Waals surface area contributed by atoms with Gasteiger partial charge in [0.2, 0.25) is 11.8 Å². The first-order valence-electron chi connectivity index (χ1n) is 8.02. The molecule has 0 aromatic carbocycles. The number of carbonyl (C=O) groups is 2. The first-order chi connectivity index (χ1) is 11.5. The van der Waals surface area contributed by atoms with Crippen molar-refractivity contribution in [1.82, 2.24) is 14.9 Å². The van der Waals surface area contributed by atoms with Crippen LogP contribution in [0.4, 0.5) is 9.28 Å². The minimum Gasteiger partial charge on any atom is -0.476 e. The summed E-state index contributed by atoms with van der Waals surface area (Å²) < 4.78 is 23.8. The van der Waals surface area contributed by atoms with Crippen LogP contribution in [0.3, 0.4) is 0 Å². The number of likely N-dealkylation sites (N-methyl/N-ethyl adjacent to an activating group) is 1. The molecule has 0 aromatic heterocycles. The first-order valence-corrected chi connectivity index (χ1v) is 8.02. The molecule has 0 heterocycles. The van der Waals surface area contributed by atoms with E-state index >= 15 is 0 Å². The fourth-order valence-corrected chi connectivity index (χ4v) is 1.62. The van der Waals surface area contributed by atoms with Crippen LogP contribution >= 0.6 is 0 Å². The third kappa shape index (κ3) is 10.3. The SMILES string of the molecule is C/C=C(/OCCN(C/C=C/C(=O)N(C)C)C(=O)OC(C)(C)C)N(C)F. The molecule has 0 bridgehead atoms. The molecule has 0 aliphatic rings. The van der Waals surface area contributed by atoms with Gasteiger partial charge < -0.3 is 19.3 Å². The Morgan fingerprint density at radius 2 is 1.76 bits per heavy atom. The van der Waals surface area contributed by atoms with Gasteiger partial charge in [-0.3, -0.25) is 4.79 Å². The average molecular weight is 359 g/mol. The molecule has 144 valence electrons. The third-order valence-corrected chi connectivity index (χ3v) is 2.84. The van der Waals surface area contributed by atoms with Crippen LogP contribution in [-0.2, 0) is 14.3 Å². The van der Waals surface area contributed by atoms with E-state index in [0.29, 0.717) is 5.12 Å². The fourth-order valence-electron chi connectivity index (χ4n) is 1.62. The van der Waals surface area contributed by atoms with Crippen molar-refractivity contribution in [1.29, 1.82) is 0 Å². The molecular formula is C17H30FN3O4. The molecule has 0 saturated heterocycles. The number of hydrogen-bond acceptors (Lipinski definition) is 5. The molecule has 0 unspecified atom stereocenters. The molecule has 0 N–H and O–H groups in total. The maximum absolute atomic E-state index is 13.1. The van der Waals surface area contributed by atoms with Crippen LogP contribution in [0.25, 0.3) is 0 Å². The lowest BCUT2D eigenvalue weighted by molar-refractivity contribution is -0.123. The van der Waals surface area contributed by atoms with E-state index in [4.69, 9.17) is 9.47 Å². The van der Waals surface area contributed by atoms with Crippen molar-refractivity contribution in [2.45, 2.75) is 33.3 Å². The van der Waals surface area contributed by atoms with Crippen molar-refractivity contribution in [3.63, 3.8) is 0 Å². The summed E-state index contributed by atoms with van der Waals surface area (Å²) >= 11 is 0. The largest absolute Gasteiger partial charge is 0.476 e. The molecule has 0 aliphatic heterocycles. The van der Waals surface area contributed by atoms with Crippen LogP contribution in [0.5, 0.6) is 0 Å². The Bertz CT molecular complexity index is 497. The van der Waals surface area contributed by atoms with Gasteiger partial charge in [-0.05, 0) is 33.8 Å². The Kier molecular flexibility index (Phi) is 9.63. The van der Waals surface area contributed by atoms with Crippen molar-refractivity contribution in [3.8, 4) is 0 Å². The molecule has 0 fully saturated rings. The zero-order chi connectivity index (χ0) is 19.6. The summed E-state index contributed by atoms with van der Waals surface area (Å²) in [6.07, 6.45) is 3.90. The summed E-state index contributed by atoms with van der Waals surface area (Å²) in [5.41, 5.74) is -0.646. The summed E-state index contributed by atoms with van der Waals surface area (Å²) in [6, 6.07) is 0. The van der Waals surface area contributed by atoms with E-state index in [9.17, 15) is 14.1 Å². The molecule has 7 nitrogen and oxygen atoms in total. The molecule has 0 radical (unpaired) electrons. The number of amides is 2. The predicted octanol–water partition coefficient (Wildman–Crippen LogP) is 2.56. The summed E-state index contributed by atoms with van der Waals surface area (Å²) in [4.78, 5) is 26.6. The zero-order valence-corrected chi connectivity index (χ0v) is 16.2. The van der Waals surface area contributed by atoms with E-state index < -0.39 is 11.7 Å². The summed E-state index contributed by atoms with van der Waals surface area (Å²) in [7, 11) is 4.49. The van der Waals surface area contributed by atoms with Crippen LogP contribution in [0.15, 0.2) is 24.1 Å². The minimum atomic E-state index is -0.646. The molecule has 0 saturated carbocycles. The smallest absolute Gasteiger partial charge is 0.410 e. The number of nitrogens with zero attached hydrogens (tertiary/aromatic N) is 3. The molecule has 8 heteroatoms. The van der Waals surface area contributed by atoms with Gasteiger partial charge >= 0.3 is 6.09 Å². The topological polar surface area (TPSA) is 62.3 Å². The highest BCUT2D eigenvalue weighted by molar-refractivity contribution is 5.87. The number of allylic oxidation sites excluding steroid dienone is 1. The fraction of sp³-hybridized carbons (Fsp3) is 0.647. The Balaban J connectivity index is 4.84. The van der Waals surface area contributed by atoms with Gasteiger partial charge in [-0.15, -0.1) is 0 Å². The van der Waals surface area contributed by atoms with Gasteiger partial charge in [0.05, 0.1) is 6.54 Å². The highest BCUT2D eigenvalue weighted by Gasteiger charge is 2.21. The number of carbonyl (C=O) groups excluding carboxylic acids is 2. The molecule has 2 amide bonds. The molecule has 0 rings (SSSR count). The number of halogens is 1. The van der Waals surface area contributed by atoms with E-state index in [1.54, 1.807) is 47.9 Å². The number of ether oxygens (including phenoxy) is 2. The molecule has 0 atom stereocenters. The lowest BCUT2D eigenvalue weighted by Crippen LogP contribution is -2.39. The van der Waals surface area contributed by atoms with Gasteiger partial charge in [-0.25, -0.2) is 4.79 Å². The Morgan fingerprint density at radius 3 is 2.20 bits per heavy atom. The Hall–Kier alpha value is -2.25. The third-order valence-electron chi connectivity index (χ3n) is 2.84. The van der Waals surface area contributed by atoms with Gasteiger partial charge in [0.25, 0.3) is 0 Å². The van der Waals surface area contributed by atoms with Crippen molar-refractivity contribution >= 4 is 12.0 Å². The Morgan fingerprint density at radius 1 is 1.16 bits per heavy atom. The van der Waals surface area contributed by atoms with Crippen LogP contribution in [0, 0.1) is 0 Å². The van der Waals surface area contributed by atoms with E-state index in [2.05, 4.69) is 0 Å². The van der Waals surface area contributed by atoms with Gasteiger partial charge in [0, 0.05) is 33.8 Å². The van der Waals surface area contributed by atoms with E-state index in [1.807, 2.05) is 0 Å². The van der Waals surface area contributed by atoms with E-state index in [-0.39, 0.29) is 31.5 Å². The minimum absolute atomic E-state index is 0.0578. The normalized spacial score (nSPS) is 12.1. The van der Waals surface area contributed by atoms with E-state index in [0.717, 1.165) is 0 Å². The number of rotatable bonds is 8. The van der Waals surface area contributed by atoms with Crippen LogP contribution in [-0.4, -0.2) is 73.4 Å².